The van der Waals surface area contributed by atoms with E-state index in [0.29, 0.717) is 12.0 Å². The molecule has 1 unspecified atom stereocenters. The molecule has 1 aromatic carbocycles. The highest BCUT2D eigenvalue weighted by molar-refractivity contribution is 5.78. The van der Waals surface area contributed by atoms with E-state index in [2.05, 4.69) is 6.92 Å². The molecule has 0 saturated carbocycles. The van der Waals surface area contributed by atoms with Crippen LogP contribution in [-0.2, 0) is 4.79 Å². The molecule has 1 amide bonds. The number of amides is 1. The number of hydrogen-bond donors (Lipinski definition) is 0. The van der Waals surface area contributed by atoms with E-state index in [1.54, 1.807) is 12.1 Å². The fraction of sp³-hybridized carbons (Fsp3) is 0.500. The van der Waals surface area contributed by atoms with Gasteiger partial charge in [-0.15, -0.1) is 0 Å². The summed E-state index contributed by atoms with van der Waals surface area (Å²) in [5, 5.41) is 0. The summed E-state index contributed by atoms with van der Waals surface area (Å²) in [6, 6.07) is 6.79. The predicted octanol–water partition coefficient (Wildman–Crippen LogP) is 2.94. The van der Waals surface area contributed by atoms with Gasteiger partial charge in [0.05, 0.1) is 0 Å². The van der Waals surface area contributed by atoms with Crippen molar-refractivity contribution in [1.82, 2.24) is 4.90 Å². The van der Waals surface area contributed by atoms with E-state index in [9.17, 15) is 9.18 Å². The third-order valence-electron chi connectivity index (χ3n) is 3.36. The van der Waals surface area contributed by atoms with Crippen molar-refractivity contribution in [3.8, 4) is 0 Å². The molecule has 0 N–H and O–H groups in total. The predicted molar refractivity (Wildman–Crippen MR) is 65.2 cm³/mol. The molecule has 1 aliphatic rings. The monoisotopic (exact) mass is 235 g/mol. The van der Waals surface area contributed by atoms with Crippen LogP contribution in [0.1, 0.15) is 37.7 Å². The maximum Gasteiger partial charge on any atom is 0.223 e. The van der Waals surface area contributed by atoms with Crippen LogP contribution in [0.25, 0.3) is 0 Å². The van der Waals surface area contributed by atoms with Crippen molar-refractivity contribution in [2.45, 2.75) is 32.1 Å². The first kappa shape index (κ1) is 12.1. The fourth-order valence-electron chi connectivity index (χ4n) is 2.46. The van der Waals surface area contributed by atoms with E-state index in [1.165, 1.54) is 6.07 Å². The highest BCUT2D eigenvalue weighted by atomic mass is 19.1. The number of carbonyl (C=O) groups excluding carboxylic acids is 1. The normalized spacial score (nSPS) is 20.7. The van der Waals surface area contributed by atoms with Crippen molar-refractivity contribution in [2.24, 2.45) is 0 Å². The van der Waals surface area contributed by atoms with Crippen LogP contribution >= 0.6 is 0 Å². The number of hydrogen-bond acceptors (Lipinski definition) is 1. The van der Waals surface area contributed by atoms with E-state index in [1.807, 2.05) is 11.0 Å². The average molecular weight is 235 g/mol. The molecule has 1 aromatic rings. The highest BCUT2D eigenvalue weighted by Crippen LogP contribution is 2.30. The Balaban J connectivity index is 2.07. The minimum atomic E-state index is -0.186. The van der Waals surface area contributed by atoms with Crippen molar-refractivity contribution in [3.05, 3.63) is 35.6 Å². The Labute approximate surface area is 101 Å². The molecule has 0 radical (unpaired) electrons. The zero-order valence-electron chi connectivity index (χ0n) is 10.2. The second-order valence-electron chi connectivity index (χ2n) is 4.59. The molecule has 3 heteroatoms. The van der Waals surface area contributed by atoms with Crippen LogP contribution in [0, 0.1) is 5.82 Å². The second-order valence-corrected chi connectivity index (χ2v) is 4.59. The third-order valence-corrected chi connectivity index (χ3v) is 3.36. The Bertz CT molecular complexity index is 405. The molecule has 2 rings (SSSR count). The van der Waals surface area contributed by atoms with Crippen LogP contribution in [0.2, 0.25) is 0 Å². The highest BCUT2D eigenvalue weighted by Gasteiger charge is 2.27. The lowest BCUT2D eigenvalue weighted by atomic mass is 9.88. The van der Waals surface area contributed by atoms with Gasteiger partial charge in [0, 0.05) is 19.5 Å². The molecule has 2 nitrogen and oxygen atoms in total. The van der Waals surface area contributed by atoms with Crippen molar-refractivity contribution in [3.63, 3.8) is 0 Å². The first-order valence-corrected chi connectivity index (χ1v) is 6.24. The number of rotatable bonds is 3. The molecule has 0 aromatic heterocycles. The van der Waals surface area contributed by atoms with Gasteiger partial charge in [-0.2, -0.15) is 0 Å². The van der Waals surface area contributed by atoms with Gasteiger partial charge in [0.2, 0.25) is 5.91 Å². The number of halogens is 1. The standard InChI is InChI=1S/C14H18FNO/c1-2-8-16-9-7-11(10-14(16)17)12-5-3-4-6-13(12)15/h3-6,11H,2,7-10H2,1H3. The largest absolute Gasteiger partial charge is 0.343 e. The molecule has 0 bridgehead atoms. The Morgan fingerprint density at radius 1 is 1.41 bits per heavy atom. The zero-order chi connectivity index (χ0) is 12.3. The lowest BCUT2D eigenvalue weighted by Crippen LogP contribution is -2.38. The number of piperidine rings is 1. The quantitative estimate of drug-likeness (QED) is 0.788. The van der Waals surface area contributed by atoms with Crippen molar-refractivity contribution >= 4 is 5.91 Å². The van der Waals surface area contributed by atoms with Crippen LogP contribution in [-0.4, -0.2) is 23.9 Å². The molecular formula is C14H18FNO. The average Bonchev–Trinajstić information content (AvgIpc) is 2.33. The molecule has 0 spiro atoms. The molecular weight excluding hydrogens is 217 g/mol. The van der Waals surface area contributed by atoms with Crippen molar-refractivity contribution in [2.75, 3.05) is 13.1 Å². The van der Waals surface area contributed by atoms with Crippen molar-refractivity contribution in [1.29, 1.82) is 0 Å². The summed E-state index contributed by atoms with van der Waals surface area (Å²) in [6.45, 7) is 3.64. The topological polar surface area (TPSA) is 20.3 Å². The molecule has 1 aliphatic heterocycles. The van der Waals surface area contributed by atoms with Gasteiger partial charge in [-0.25, -0.2) is 4.39 Å². The number of benzene rings is 1. The number of likely N-dealkylation sites (tertiary alicyclic amines) is 1. The Morgan fingerprint density at radius 3 is 2.82 bits per heavy atom. The zero-order valence-corrected chi connectivity index (χ0v) is 10.2. The van der Waals surface area contributed by atoms with E-state index >= 15 is 0 Å². The third kappa shape index (κ3) is 2.65. The Morgan fingerprint density at radius 2 is 2.18 bits per heavy atom. The smallest absolute Gasteiger partial charge is 0.223 e. The number of nitrogens with zero attached hydrogens (tertiary/aromatic N) is 1. The van der Waals surface area contributed by atoms with Crippen LogP contribution in [0.3, 0.4) is 0 Å². The van der Waals surface area contributed by atoms with Gasteiger partial charge in [-0.05, 0) is 30.4 Å². The molecule has 17 heavy (non-hydrogen) atoms. The van der Waals surface area contributed by atoms with Crippen LogP contribution in [0.4, 0.5) is 4.39 Å². The molecule has 1 saturated heterocycles. The van der Waals surface area contributed by atoms with Crippen LogP contribution in [0.15, 0.2) is 24.3 Å². The second kappa shape index (κ2) is 5.30. The lowest BCUT2D eigenvalue weighted by Gasteiger charge is -2.31. The minimum Gasteiger partial charge on any atom is -0.343 e. The summed E-state index contributed by atoms with van der Waals surface area (Å²) in [6.07, 6.45) is 2.30. The lowest BCUT2D eigenvalue weighted by molar-refractivity contribution is -0.133. The van der Waals surface area contributed by atoms with E-state index in [0.717, 1.165) is 25.9 Å². The van der Waals surface area contributed by atoms with Crippen LogP contribution in [0.5, 0.6) is 0 Å². The number of carbonyl (C=O) groups is 1. The summed E-state index contributed by atoms with van der Waals surface area (Å²) in [7, 11) is 0. The Kier molecular flexibility index (Phi) is 3.77. The van der Waals surface area contributed by atoms with Gasteiger partial charge >= 0.3 is 0 Å². The molecule has 1 atom stereocenters. The Hall–Kier alpha value is -1.38. The minimum absolute atomic E-state index is 0.0526. The summed E-state index contributed by atoms with van der Waals surface area (Å²) in [5.41, 5.74) is 0.692. The van der Waals surface area contributed by atoms with Crippen LogP contribution < -0.4 is 0 Å². The first-order chi connectivity index (χ1) is 8.22. The molecule has 0 aliphatic carbocycles. The van der Waals surface area contributed by atoms with Crippen molar-refractivity contribution < 1.29 is 9.18 Å². The summed E-state index contributed by atoms with van der Waals surface area (Å²) in [4.78, 5) is 13.8. The van der Waals surface area contributed by atoms with E-state index < -0.39 is 0 Å². The summed E-state index contributed by atoms with van der Waals surface area (Å²) >= 11 is 0. The van der Waals surface area contributed by atoms with Gasteiger partial charge in [0.15, 0.2) is 0 Å². The molecule has 1 heterocycles. The SMILES string of the molecule is CCCN1CCC(c2ccccc2F)CC1=O. The van der Waals surface area contributed by atoms with E-state index in [-0.39, 0.29) is 17.6 Å². The maximum absolute atomic E-state index is 13.6. The maximum atomic E-state index is 13.6. The van der Waals surface area contributed by atoms with Gasteiger partial charge in [-0.1, -0.05) is 25.1 Å². The van der Waals surface area contributed by atoms with E-state index in [4.69, 9.17) is 0 Å². The fourth-order valence-corrected chi connectivity index (χ4v) is 2.46. The first-order valence-electron chi connectivity index (χ1n) is 6.24. The van der Waals surface area contributed by atoms with Gasteiger partial charge in [-0.3, -0.25) is 4.79 Å². The summed E-state index contributed by atoms with van der Waals surface area (Å²) < 4.78 is 13.6. The molecule has 92 valence electrons. The van der Waals surface area contributed by atoms with Gasteiger partial charge < -0.3 is 4.90 Å². The molecule has 1 fully saturated rings. The summed E-state index contributed by atoms with van der Waals surface area (Å²) in [5.74, 6) is 0.0254. The van der Waals surface area contributed by atoms with Gasteiger partial charge in [0.1, 0.15) is 5.82 Å². The van der Waals surface area contributed by atoms with Gasteiger partial charge in [0.25, 0.3) is 0 Å².